The van der Waals surface area contributed by atoms with Crippen molar-refractivity contribution in [2.75, 3.05) is 12.4 Å². The van der Waals surface area contributed by atoms with Gasteiger partial charge in [-0.05, 0) is 31.9 Å². The Hall–Kier alpha value is -1.36. The van der Waals surface area contributed by atoms with Crippen molar-refractivity contribution in [1.82, 2.24) is 0 Å². The van der Waals surface area contributed by atoms with E-state index in [4.69, 9.17) is 4.74 Å². The fourth-order valence-electron chi connectivity index (χ4n) is 1.75. The van der Waals surface area contributed by atoms with Crippen LogP contribution in [0.4, 0.5) is 0 Å². The highest BCUT2D eigenvalue weighted by Gasteiger charge is 2.23. The molecule has 0 N–H and O–H groups in total. The fraction of sp³-hybridized carbons (Fsp3) is 0.533. The topological polar surface area (TPSA) is 60.4 Å². The maximum absolute atomic E-state index is 12.0. The van der Waals surface area contributed by atoms with E-state index in [2.05, 4.69) is 0 Å². The van der Waals surface area contributed by atoms with Gasteiger partial charge >= 0.3 is 0 Å². The van der Waals surface area contributed by atoms with Gasteiger partial charge in [-0.1, -0.05) is 26.0 Å². The molecule has 112 valence electrons. The van der Waals surface area contributed by atoms with Crippen LogP contribution < -0.4 is 4.74 Å². The lowest BCUT2D eigenvalue weighted by Gasteiger charge is -2.17. The maximum Gasteiger partial charge on any atom is 0.163 e. The number of rotatable bonds is 7. The molecule has 0 saturated heterocycles. The minimum Gasteiger partial charge on any atom is -0.492 e. The van der Waals surface area contributed by atoms with Crippen LogP contribution in [0.1, 0.15) is 38.1 Å². The first kappa shape index (κ1) is 16.7. The summed E-state index contributed by atoms with van der Waals surface area (Å²) in [5, 5.41) is -0.394. The van der Waals surface area contributed by atoms with E-state index in [1.807, 2.05) is 13.8 Å². The minimum absolute atomic E-state index is 0.0431. The number of para-hydroxylation sites is 1. The van der Waals surface area contributed by atoms with Gasteiger partial charge < -0.3 is 4.74 Å². The van der Waals surface area contributed by atoms with Gasteiger partial charge in [-0.15, -0.1) is 0 Å². The molecule has 1 aromatic carbocycles. The second-order valence-electron chi connectivity index (χ2n) is 5.22. The summed E-state index contributed by atoms with van der Waals surface area (Å²) in [6.45, 7) is 7.00. The number of ether oxygens (including phenoxy) is 1. The molecule has 0 aromatic heterocycles. The molecule has 1 atom stereocenters. The van der Waals surface area contributed by atoms with E-state index in [1.54, 1.807) is 31.2 Å². The minimum atomic E-state index is -3.17. The lowest BCUT2D eigenvalue weighted by Crippen LogP contribution is -2.28. The summed E-state index contributed by atoms with van der Waals surface area (Å²) < 4.78 is 29.5. The Labute approximate surface area is 121 Å². The van der Waals surface area contributed by atoms with Crippen molar-refractivity contribution in [3.05, 3.63) is 29.8 Å². The summed E-state index contributed by atoms with van der Waals surface area (Å²) in [4.78, 5) is 11.4. The summed E-state index contributed by atoms with van der Waals surface area (Å²) in [6.07, 6.45) is 0. The van der Waals surface area contributed by atoms with E-state index in [0.29, 0.717) is 11.3 Å². The van der Waals surface area contributed by atoms with E-state index in [-0.39, 0.29) is 24.1 Å². The highest BCUT2D eigenvalue weighted by Crippen LogP contribution is 2.19. The zero-order chi connectivity index (χ0) is 15.3. The van der Waals surface area contributed by atoms with Crippen molar-refractivity contribution in [1.29, 1.82) is 0 Å². The lowest BCUT2D eigenvalue weighted by molar-refractivity contribution is 0.101. The summed E-state index contributed by atoms with van der Waals surface area (Å²) in [5.41, 5.74) is 0.474. The van der Waals surface area contributed by atoms with Crippen LogP contribution in [0, 0.1) is 5.92 Å². The molecule has 0 aliphatic carbocycles. The van der Waals surface area contributed by atoms with E-state index < -0.39 is 15.1 Å². The molecule has 4 nitrogen and oxygen atoms in total. The summed E-state index contributed by atoms with van der Waals surface area (Å²) >= 11 is 0. The second-order valence-corrected chi connectivity index (χ2v) is 7.69. The zero-order valence-corrected chi connectivity index (χ0v) is 13.2. The Bertz CT molecular complexity index is 561. The van der Waals surface area contributed by atoms with E-state index >= 15 is 0 Å². The van der Waals surface area contributed by atoms with Crippen molar-refractivity contribution in [2.45, 2.75) is 32.9 Å². The highest BCUT2D eigenvalue weighted by atomic mass is 32.2. The van der Waals surface area contributed by atoms with Crippen LogP contribution in [-0.4, -0.2) is 31.8 Å². The van der Waals surface area contributed by atoms with Crippen molar-refractivity contribution in [3.63, 3.8) is 0 Å². The summed E-state index contributed by atoms with van der Waals surface area (Å²) in [5.74, 6) is 0.370. The van der Waals surface area contributed by atoms with Crippen LogP contribution in [0.5, 0.6) is 5.75 Å². The van der Waals surface area contributed by atoms with Gasteiger partial charge in [0.2, 0.25) is 0 Å². The van der Waals surface area contributed by atoms with Gasteiger partial charge in [-0.3, -0.25) is 4.79 Å². The normalized spacial score (nSPS) is 13.2. The van der Waals surface area contributed by atoms with Crippen LogP contribution in [0.25, 0.3) is 0 Å². The van der Waals surface area contributed by atoms with Crippen LogP contribution in [0.2, 0.25) is 0 Å². The maximum atomic E-state index is 12.0. The predicted molar refractivity (Wildman–Crippen MR) is 80.0 cm³/mol. The Morgan fingerprint density at radius 3 is 2.35 bits per heavy atom. The smallest absolute Gasteiger partial charge is 0.163 e. The monoisotopic (exact) mass is 298 g/mol. The van der Waals surface area contributed by atoms with E-state index in [9.17, 15) is 13.2 Å². The van der Waals surface area contributed by atoms with E-state index in [1.165, 1.54) is 6.92 Å². The Kier molecular flexibility index (Phi) is 5.74. The molecular formula is C15H22O4S. The standard InChI is InChI=1S/C15H22O4S/c1-11(2)13(4)20(17,18)10-9-19-15-8-6-5-7-14(15)12(3)16/h5-8,11,13H,9-10H2,1-4H3. The Morgan fingerprint density at radius 1 is 1.20 bits per heavy atom. The number of hydrogen-bond acceptors (Lipinski definition) is 4. The molecule has 0 fully saturated rings. The molecule has 0 radical (unpaired) electrons. The lowest BCUT2D eigenvalue weighted by atomic mass is 10.1. The number of benzene rings is 1. The van der Waals surface area contributed by atoms with Gasteiger partial charge in [-0.25, -0.2) is 8.42 Å². The number of carbonyl (C=O) groups is 1. The molecule has 0 aliphatic rings. The summed E-state index contributed by atoms with van der Waals surface area (Å²) in [6, 6.07) is 6.85. The summed E-state index contributed by atoms with van der Waals surface area (Å²) in [7, 11) is -3.17. The molecule has 0 aliphatic heterocycles. The van der Waals surface area contributed by atoms with Gasteiger partial charge in [0.05, 0.1) is 16.6 Å². The number of Topliss-reactive ketones (excluding diaryl/α,β-unsaturated/α-hetero) is 1. The number of ketones is 1. The largest absolute Gasteiger partial charge is 0.492 e. The quantitative estimate of drug-likeness (QED) is 0.726. The third kappa shape index (κ3) is 4.34. The van der Waals surface area contributed by atoms with Gasteiger partial charge in [0.25, 0.3) is 0 Å². The Balaban J connectivity index is 2.68. The van der Waals surface area contributed by atoms with Crippen molar-refractivity contribution < 1.29 is 17.9 Å². The zero-order valence-electron chi connectivity index (χ0n) is 12.4. The predicted octanol–water partition coefficient (Wildman–Crippen LogP) is 2.73. The molecule has 5 heteroatoms. The first-order valence-electron chi connectivity index (χ1n) is 6.70. The molecule has 1 unspecified atom stereocenters. The van der Waals surface area contributed by atoms with E-state index in [0.717, 1.165) is 0 Å². The molecule has 1 rings (SSSR count). The number of carbonyl (C=O) groups excluding carboxylic acids is 1. The van der Waals surface area contributed by atoms with Crippen LogP contribution in [0.3, 0.4) is 0 Å². The fourth-order valence-corrected chi connectivity index (χ4v) is 3.27. The van der Waals surface area contributed by atoms with Crippen molar-refractivity contribution in [3.8, 4) is 5.75 Å². The van der Waals surface area contributed by atoms with Gasteiger partial charge in [0.1, 0.15) is 12.4 Å². The van der Waals surface area contributed by atoms with Crippen LogP contribution >= 0.6 is 0 Å². The van der Waals surface area contributed by atoms with Gasteiger partial charge in [0.15, 0.2) is 15.6 Å². The van der Waals surface area contributed by atoms with Crippen molar-refractivity contribution in [2.24, 2.45) is 5.92 Å². The van der Waals surface area contributed by atoms with Crippen LogP contribution in [0.15, 0.2) is 24.3 Å². The molecule has 0 spiro atoms. The SMILES string of the molecule is CC(=O)c1ccccc1OCCS(=O)(=O)C(C)C(C)C. The van der Waals surface area contributed by atoms with Gasteiger partial charge in [0, 0.05) is 0 Å². The first-order chi connectivity index (χ1) is 9.25. The van der Waals surface area contributed by atoms with Crippen molar-refractivity contribution >= 4 is 15.6 Å². The molecule has 20 heavy (non-hydrogen) atoms. The number of hydrogen-bond donors (Lipinski definition) is 0. The average Bonchev–Trinajstić information content (AvgIpc) is 2.37. The molecule has 0 bridgehead atoms. The molecule has 0 heterocycles. The first-order valence-corrected chi connectivity index (χ1v) is 8.41. The molecule has 0 amide bonds. The van der Waals surface area contributed by atoms with Crippen LogP contribution in [-0.2, 0) is 9.84 Å². The molecule has 0 saturated carbocycles. The second kappa shape index (κ2) is 6.88. The average molecular weight is 298 g/mol. The third-order valence-electron chi connectivity index (χ3n) is 3.40. The third-order valence-corrected chi connectivity index (χ3v) is 5.81. The highest BCUT2D eigenvalue weighted by molar-refractivity contribution is 7.92. The van der Waals surface area contributed by atoms with Gasteiger partial charge in [-0.2, -0.15) is 0 Å². The Morgan fingerprint density at radius 2 is 1.80 bits per heavy atom. The molecule has 1 aromatic rings. The molecular weight excluding hydrogens is 276 g/mol. The number of sulfone groups is 1.